The molecule has 0 spiro atoms. The van der Waals surface area contributed by atoms with Gasteiger partial charge in [-0.2, -0.15) is 0 Å². The highest BCUT2D eigenvalue weighted by Gasteiger charge is 2.12. The van der Waals surface area contributed by atoms with Crippen molar-refractivity contribution in [3.05, 3.63) is 26.4 Å². The molecule has 0 fully saturated rings. The lowest BCUT2D eigenvalue weighted by Crippen LogP contribution is -2.20. The number of hydrogen-bond donors (Lipinski definition) is 3. The van der Waals surface area contributed by atoms with Gasteiger partial charge in [0.05, 0.1) is 25.5 Å². The molecule has 0 unspecified atom stereocenters. The van der Waals surface area contributed by atoms with Gasteiger partial charge >= 0.3 is 0 Å². The fourth-order valence-electron chi connectivity index (χ4n) is 1.51. The average Bonchev–Trinajstić information content (AvgIpc) is 2.16. The molecule has 0 radical (unpaired) electrons. The number of nitrogens with one attached hydrogen (secondary N) is 2. The molecular weight excluding hydrogens is 228 g/mol. The number of hydrogen-bond acceptors (Lipinski definition) is 4. The van der Waals surface area contributed by atoms with Gasteiger partial charge in [0.15, 0.2) is 4.77 Å². The van der Waals surface area contributed by atoms with Crippen molar-refractivity contribution in [1.29, 1.82) is 0 Å². The average molecular weight is 244 g/mol. The Kier molecular flexibility index (Phi) is 4.85. The minimum atomic E-state index is -0.179. The molecule has 0 aliphatic rings. The highest BCUT2D eigenvalue weighted by atomic mass is 32.1. The lowest BCUT2D eigenvalue weighted by atomic mass is 10.0. The molecule has 0 bridgehead atoms. The zero-order chi connectivity index (χ0) is 12.1. The summed E-state index contributed by atoms with van der Waals surface area (Å²) in [6.45, 7) is 4.31. The van der Waals surface area contributed by atoms with Gasteiger partial charge in [0.25, 0.3) is 5.56 Å². The van der Waals surface area contributed by atoms with Crippen LogP contribution in [0.2, 0.25) is 0 Å². The van der Waals surface area contributed by atoms with Crippen LogP contribution in [0.5, 0.6) is 0 Å². The van der Waals surface area contributed by atoms with E-state index in [1.54, 1.807) is 0 Å². The quantitative estimate of drug-likeness (QED) is 0.534. The zero-order valence-electron chi connectivity index (χ0n) is 9.37. The fraction of sp³-hybridized carbons (Fsp3) is 0.600. The molecule has 0 saturated carbocycles. The number of aromatic nitrogens is 2. The molecule has 3 N–H and O–H groups in total. The third-order valence-corrected chi connectivity index (χ3v) is 2.32. The van der Waals surface area contributed by atoms with E-state index < -0.39 is 0 Å². The SMILES string of the molecule is CC(C)c1c(COCCO)[nH]c(=S)[nH]c1=O. The number of rotatable bonds is 5. The molecule has 0 aromatic carbocycles. The molecule has 0 saturated heterocycles. The lowest BCUT2D eigenvalue weighted by Gasteiger charge is -2.11. The van der Waals surface area contributed by atoms with E-state index in [4.69, 9.17) is 22.1 Å². The molecule has 0 aliphatic heterocycles. The zero-order valence-corrected chi connectivity index (χ0v) is 10.2. The van der Waals surface area contributed by atoms with Crippen molar-refractivity contribution >= 4 is 12.2 Å². The molecule has 1 rings (SSSR count). The van der Waals surface area contributed by atoms with Crippen LogP contribution in [-0.4, -0.2) is 28.3 Å². The summed E-state index contributed by atoms with van der Waals surface area (Å²) in [4.78, 5) is 17.1. The van der Waals surface area contributed by atoms with Crippen molar-refractivity contribution in [3.63, 3.8) is 0 Å². The van der Waals surface area contributed by atoms with Gasteiger partial charge in [-0.25, -0.2) is 0 Å². The number of H-pyrrole nitrogens is 2. The van der Waals surface area contributed by atoms with E-state index in [9.17, 15) is 4.79 Å². The van der Waals surface area contributed by atoms with Gasteiger partial charge in [0, 0.05) is 5.56 Å². The third kappa shape index (κ3) is 3.26. The first-order chi connectivity index (χ1) is 7.56. The van der Waals surface area contributed by atoms with E-state index in [-0.39, 0.29) is 36.1 Å². The summed E-state index contributed by atoms with van der Waals surface area (Å²) in [6.07, 6.45) is 0. The van der Waals surface area contributed by atoms with Crippen LogP contribution in [-0.2, 0) is 11.3 Å². The number of aromatic amines is 2. The molecule has 0 atom stereocenters. The molecule has 0 amide bonds. The Labute approximate surface area is 98.5 Å². The van der Waals surface area contributed by atoms with Gasteiger partial charge in [0.1, 0.15) is 0 Å². The van der Waals surface area contributed by atoms with Gasteiger partial charge < -0.3 is 14.8 Å². The maximum atomic E-state index is 11.7. The Morgan fingerprint density at radius 2 is 2.12 bits per heavy atom. The van der Waals surface area contributed by atoms with Crippen LogP contribution in [0.15, 0.2) is 4.79 Å². The van der Waals surface area contributed by atoms with Crippen molar-refractivity contribution < 1.29 is 9.84 Å². The predicted octanol–water partition coefficient (Wildman–Crippen LogP) is 1.06. The van der Waals surface area contributed by atoms with Crippen molar-refractivity contribution in [2.75, 3.05) is 13.2 Å². The number of aliphatic hydroxyl groups is 1. The minimum Gasteiger partial charge on any atom is -0.394 e. The molecule has 1 heterocycles. The van der Waals surface area contributed by atoms with Crippen molar-refractivity contribution in [3.8, 4) is 0 Å². The van der Waals surface area contributed by atoms with Crippen molar-refractivity contribution in [2.45, 2.75) is 26.4 Å². The Hall–Kier alpha value is -0.980. The molecule has 90 valence electrons. The largest absolute Gasteiger partial charge is 0.394 e. The monoisotopic (exact) mass is 244 g/mol. The standard InChI is InChI=1S/C10H16N2O3S/c1-6(2)8-7(5-15-4-3-13)11-10(16)12-9(8)14/h6,13H,3-5H2,1-2H3,(H2,11,12,14,16). The first kappa shape index (κ1) is 13.1. The molecular formula is C10H16N2O3S. The van der Waals surface area contributed by atoms with Crippen LogP contribution < -0.4 is 5.56 Å². The van der Waals surface area contributed by atoms with E-state index in [0.29, 0.717) is 11.3 Å². The van der Waals surface area contributed by atoms with Crippen LogP contribution in [0.4, 0.5) is 0 Å². The topological polar surface area (TPSA) is 78.1 Å². The molecule has 1 aromatic rings. The highest BCUT2D eigenvalue weighted by Crippen LogP contribution is 2.13. The molecule has 1 aromatic heterocycles. The van der Waals surface area contributed by atoms with Crippen LogP contribution in [0.1, 0.15) is 31.0 Å². The van der Waals surface area contributed by atoms with E-state index in [1.165, 1.54) is 0 Å². The summed E-state index contributed by atoms with van der Waals surface area (Å²) in [7, 11) is 0. The second kappa shape index (κ2) is 5.93. The molecule has 5 nitrogen and oxygen atoms in total. The predicted molar refractivity (Wildman–Crippen MR) is 63.1 cm³/mol. The summed E-state index contributed by atoms with van der Waals surface area (Å²) in [5.74, 6) is 0.0864. The number of aliphatic hydroxyl groups excluding tert-OH is 1. The van der Waals surface area contributed by atoms with Gasteiger partial charge in [-0.1, -0.05) is 13.8 Å². The normalized spacial score (nSPS) is 11.0. The molecule has 6 heteroatoms. The minimum absolute atomic E-state index is 0.0407. The van der Waals surface area contributed by atoms with Gasteiger partial charge in [-0.15, -0.1) is 0 Å². The summed E-state index contributed by atoms with van der Waals surface area (Å²) in [6, 6.07) is 0. The van der Waals surface area contributed by atoms with Crippen molar-refractivity contribution in [2.24, 2.45) is 0 Å². The van der Waals surface area contributed by atoms with Crippen LogP contribution in [0.3, 0.4) is 0 Å². The molecule has 0 aliphatic carbocycles. The molecule has 16 heavy (non-hydrogen) atoms. The van der Waals surface area contributed by atoms with E-state index in [0.717, 1.165) is 0 Å². The Morgan fingerprint density at radius 3 is 2.69 bits per heavy atom. The van der Waals surface area contributed by atoms with Gasteiger partial charge in [-0.05, 0) is 18.1 Å². The van der Waals surface area contributed by atoms with Crippen LogP contribution in [0.25, 0.3) is 0 Å². The van der Waals surface area contributed by atoms with Gasteiger partial charge in [0.2, 0.25) is 0 Å². The maximum Gasteiger partial charge on any atom is 0.255 e. The van der Waals surface area contributed by atoms with E-state index in [2.05, 4.69) is 9.97 Å². The summed E-state index contributed by atoms with van der Waals surface area (Å²) < 4.78 is 5.48. The Balaban J connectivity index is 3.05. The van der Waals surface area contributed by atoms with Crippen molar-refractivity contribution in [1.82, 2.24) is 9.97 Å². The summed E-state index contributed by atoms with van der Waals surface area (Å²) in [5.41, 5.74) is 1.14. The van der Waals surface area contributed by atoms with E-state index in [1.807, 2.05) is 13.8 Å². The smallest absolute Gasteiger partial charge is 0.255 e. The van der Waals surface area contributed by atoms with Crippen LogP contribution in [0, 0.1) is 4.77 Å². The lowest BCUT2D eigenvalue weighted by molar-refractivity contribution is 0.0790. The Morgan fingerprint density at radius 1 is 1.44 bits per heavy atom. The van der Waals surface area contributed by atoms with Crippen LogP contribution >= 0.6 is 12.2 Å². The first-order valence-electron chi connectivity index (χ1n) is 5.10. The fourth-order valence-corrected chi connectivity index (χ4v) is 1.72. The summed E-state index contributed by atoms with van der Waals surface area (Å²) in [5, 5.41) is 8.61. The summed E-state index contributed by atoms with van der Waals surface area (Å²) >= 11 is 4.90. The second-order valence-electron chi connectivity index (χ2n) is 3.73. The Bertz CT molecular complexity index is 450. The second-order valence-corrected chi connectivity index (χ2v) is 4.14. The van der Waals surface area contributed by atoms with Gasteiger partial charge in [-0.3, -0.25) is 9.78 Å². The maximum absolute atomic E-state index is 11.7. The number of ether oxygens (including phenoxy) is 1. The highest BCUT2D eigenvalue weighted by molar-refractivity contribution is 7.71. The third-order valence-electron chi connectivity index (χ3n) is 2.12. The van der Waals surface area contributed by atoms with E-state index >= 15 is 0 Å². The first-order valence-corrected chi connectivity index (χ1v) is 5.51.